The number of nitro groups is 1. The third-order valence-electron chi connectivity index (χ3n) is 2.30. The highest BCUT2D eigenvalue weighted by Crippen LogP contribution is 2.29. The number of para-hydroxylation sites is 2. The number of alkyl halides is 3. The number of nitrogens with zero attached hydrogens (tertiary/aromatic N) is 1. The van der Waals surface area contributed by atoms with Gasteiger partial charge in [0, 0.05) is 13.0 Å². The number of carbonyl (C=O) groups is 1. The molecule has 7 nitrogen and oxygen atoms in total. The zero-order valence-corrected chi connectivity index (χ0v) is 14.2. The predicted molar refractivity (Wildman–Crippen MR) is 90.3 cm³/mol. The molecule has 1 atom stereocenters. The highest BCUT2D eigenvalue weighted by atomic mass is 35.6. The van der Waals surface area contributed by atoms with Crippen molar-refractivity contribution in [3.8, 4) is 0 Å². The summed E-state index contributed by atoms with van der Waals surface area (Å²) < 4.78 is -1.87. The zero-order chi connectivity index (χ0) is 16.9. The quantitative estimate of drug-likeness (QED) is 0.242. The predicted octanol–water partition coefficient (Wildman–Crippen LogP) is 2.71. The topological polar surface area (TPSA) is 96.3 Å². The van der Waals surface area contributed by atoms with Gasteiger partial charge in [0.15, 0.2) is 5.11 Å². The van der Waals surface area contributed by atoms with Crippen molar-refractivity contribution in [1.29, 1.82) is 0 Å². The minimum absolute atomic E-state index is 0.0561. The summed E-state index contributed by atoms with van der Waals surface area (Å²) in [5, 5.41) is 18.4. The molecule has 0 fully saturated rings. The van der Waals surface area contributed by atoms with Gasteiger partial charge < -0.3 is 16.0 Å². The second-order valence-corrected chi connectivity index (χ2v) is 6.83. The van der Waals surface area contributed by atoms with Crippen molar-refractivity contribution in [2.75, 3.05) is 5.32 Å². The Hall–Kier alpha value is -1.35. The van der Waals surface area contributed by atoms with Gasteiger partial charge in [-0.2, -0.15) is 0 Å². The zero-order valence-electron chi connectivity index (χ0n) is 11.1. The van der Waals surface area contributed by atoms with Crippen LogP contribution in [0.5, 0.6) is 0 Å². The summed E-state index contributed by atoms with van der Waals surface area (Å²) in [6.45, 7) is 1.24. The fourth-order valence-electron chi connectivity index (χ4n) is 1.43. The second-order valence-electron chi connectivity index (χ2n) is 4.05. The molecular formula is C11H11Cl3N4O3S. The van der Waals surface area contributed by atoms with Gasteiger partial charge in [-0.3, -0.25) is 14.9 Å². The van der Waals surface area contributed by atoms with Gasteiger partial charge >= 0.3 is 0 Å². The first-order chi connectivity index (χ1) is 10.1. The Bertz CT molecular complexity index is 594. The molecule has 0 aliphatic rings. The van der Waals surface area contributed by atoms with E-state index < -0.39 is 20.8 Å². The standard InChI is InChI=1S/C11H11Cl3N4O3S/c1-6(19)15-9(11(12,13)14)17-10(22)16-7-4-2-3-5-8(7)18(20)21/h2-5,9H,1H3,(H,15,19)(H2,16,17,22)/t9-/m1/s1. The SMILES string of the molecule is CC(=O)N[C@H](NC(=S)Nc1ccccc1[N+](=O)[O-])C(Cl)(Cl)Cl. The molecule has 120 valence electrons. The average molecular weight is 386 g/mol. The third-order valence-corrected chi connectivity index (χ3v) is 3.17. The van der Waals surface area contributed by atoms with Crippen LogP contribution in [0.25, 0.3) is 0 Å². The summed E-state index contributed by atoms with van der Waals surface area (Å²) in [7, 11) is 0. The Morgan fingerprint density at radius 1 is 1.32 bits per heavy atom. The van der Waals surface area contributed by atoms with Crippen molar-refractivity contribution in [2.24, 2.45) is 0 Å². The molecule has 22 heavy (non-hydrogen) atoms. The van der Waals surface area contributed by atoms with E-state index in [1.807, 2.05) is 0 Å². The number of carbonyl (C=O) groups excluding carboxylic acids is 1. The summed E-state index contributed by atoms with van der Waals surface area (Å²) in [4.78, 5) is 21.5. The Morgan fingerprint density at radius 3 is 2.41 bits per heavy atom. The molecule has 0 bridgehead atoms. The molecule has 11 heteroatoms. The van der Waals surface area contributed by atoms with Gasteiger partial charge in [-0.15, -0.1) is 0 Å². The smallest absolute Gasteiger partial charge is 0.292 e. The third kappa shape index (κ3) is 5.80. The van der Waals surface area contributed by atoms with Crippen molar-refractivity contribution in [3.63, 3.8) is 0 Å². The molecule has 1 aromatic carbocycles. The largest absolute Gasteiger partial charge is 0.339 e. The molecule has 0 unspecified atom stereocenters. The van der Waals surface area contributed by atoms with E-state index in [9.17, 15) is 14.9 Å². The lowest BCUT2D eigenvalue weighted by Gasteiger charge is -2.27. The van der Waals surface area contributed by atoms with Crippen LogP contribution in [0.3, 0.4) is 0 Å². The maximum Gasteiger partial charge on any atom is 0.292 e. The lowest BCUT2D eigenvalue weighted by molar-refractivity contribution is -0.383. The Balaban J connectivity index is 2.84. The Kier molecular flexibility index (Phi) is 6.61. The lowest BCUT2D eigenvalue weighted by atomic mass is 10.3. The van der Waals surface area contributed by atoms with Crippen LogP contribution in [0.1, 0.15) is 6.92 Å². The number of thiocarbonyl (C=S) groups is 1. The van der Waals surface area contributed by atoms with Crippen LogP contribution in [-0.4, -0.2) is 25.9 Å². The number of amides is 1. The monoisotopic (exact) mass is 384 g/mol. The van der Waals surface area contributed by atoms with Crippen LogP contribution in [0.15, 0.2) is 24.3 Å². The number of anilines is 1. The van der Waals surface area contributed by atoms with Crippen molar-refractivity contribution in [1.82, 2.24) is 10.6 Å². The molecule has 1 amide bonds. The average Bonchev–Trinajstić information content (AvgIpc) is 2.36. The molecule has 1 rings (SSSR count). The molecule has 0 aliphatic carbocycles. The number of hydrogen-bond acceptors (Lipinski definition) is 4. The van der Waals surface area contributed by atoms with Gasteiger partial charge in [0.1, 0.15) is 11.9 Å². The highest BCUT2D eigenvalue weighted by molar-refractivity contribution is 7.80. The van der Waals surface area contributed by atoms with Crippen LogP contribution in [0, 0.1) is 10.1 Å². The number of halogens is 3. The van der Waals surface area contributed by atoms with Crippen molar-refractivity contribution < 1.29 is 9.72 Å². The fourth-order valence-corrected chi connectivity index (χ4v) is 1.99. The summed E-state index contributed by atoms with van der Waals surface area (Å²) in [6, 6.07) is 5.89. The Morgan fingerprint density at radius 2 is 1.91 bits per heavy atom. The molecule has 0 saturated heterocycles. The number of benzene rings is 1. The first kappa shape index (κ1) is 18.7. The summed E-state index contributed by atoms with van der Waals surface area (Å²) in [6.07, 6.45) is -1.11. The number of nitro benzene ring substituents is 1. The lowest BCUT2D eigenvalue weighted by Crippen LogP contribution is -2.55. The Labute approximate surface area is 146 Å². The maximum absolute atomic E-state index is 11.1. The van der Waals surface area contributed by atoms with Crippen molar-refractivity contribution in [3.05, 3.63) is 34.4 Å². The van der Waals surface area contributed by atoms with Crippen molar-refractivity contribution in [2.45, 2.75) is 16.9 Å². The van der Waals surface area contributed by atoms with E-state index in [1.54, 1.807) is 6.07 Å². The molecule has 0 aromatic heterocycles. The summed E-state index contributed by atoms with van der Waals surface area (Å²) >= 11 is 22.2. The second kappa shape index (κ2) is 7.77. The number of nitrogens with one attached hydrogen (secondary N) is 3. The van der Waals surface area contributed by atoms with Crippen LogP contribution in [-0.2, 0) is 4.79 Å². The summed E-state index contributed by atoms with van der Waals surface area (Å²) in [5.41, 5.74) is -0.00694. The first-order valence-corrected chi connectivity index (χ1v) is 7.30. The maximum atomic E-state index is 11.1. The minimum Gasteiger partial charge on any atom is -0.339 e. The van der Waals surface area contributed by atoms with E-state index >= 15 is 0 Å². The van der Waals surface area contributed by atoms with Crippen LogP contribution in [0.2, 0.25) is 0 Å². The van der Waals surface area contributed by atoms with E-state index in [2.05, 4.69) is 16.0 Å². The van der Waals surface area contributed by atoms with Gasteiger partial charge in [0.2, 0.25) is 9.70 Å². The molecule has 0 aliphatic heterocycles. The minimum atomic E-state index is -1.87. The van der Waals surface area contributed by atoms with E-state index in [4.69, 9.17) is 47.0 Å². The molecule has 0 heterocycles. The van der Waals surface area contributed by atoms with Crippen LogP contribution in [0.4, 0.5) is 11.4 Å². The summed E-state index contributed by atoms with van der Waals surface area (Å²) in [5.74, 6) is -0.447. The van der Waals surface area contributed by atoms with Gasteiger partial charge in [-0.05, 0) is 18.3 Å². The molecular weight excluding hydrogens is 375 g/mol. The van der Waals surface area contributed by atoms with Crippen molar-refractivity contribution >= 4 is 69.4 Å². The van der Waals surface area contributed by atoms with E-state index in [-0.39, 0.29) is 16.5 Å². The van der Waals surface area contributed by atoms with E-state index in [0.717, 1.165) is 0 Å². The molecule has 0 radical (unpaired) electrons. The molecule has 3 N–H and O–H groups in total. The molecule has 1 aromatic rings. The van der Waals surface area contributed by atoms with Crippen LogP contribution >= 0.6 is 47.0 Å². The first-order valence-electron chi connectivity index (χ1n) is 5.76. The number of rotatable bonds is 4. The van der Waals surface area contributed by atoms with Gasteiger partial charge in [0.05, 0.1) is 4.92 Å². The van der Waals surface area contributed by atoms with Gasteiger partial charge in [-0.25, -0.2) is 0 Å². The molecule has 0 spiro atoms. The fraction of sp³-hybridized carbons (Fsp3) is 0.273. The highest BCUT2D eigenvalue weighted by Gasteiger charge is 2.34. The normalized spacial score (nSPS) is 12.2. The van der Waals surface area contributed by atoms with E-state index in [1.165, 1.54) is 25.1 Å². The van der Waals surface area contributed by atoms with E-state index in [0.29, 0.717) is 0 Å². The van der Waals surface area contributed by atoms with Crippen LogP contribution < -0.4 is 16.0 Å². The van der Waals surface area contributed by atoms with Gasteiger partial charge in [0.25, 0.3) is 5.69 Å². The number of hydrogen-bond donors (Lipinski definition) is 3. The molecule has 0 saturated carbocycles. The van der Waals surface area contributed by atoms with Gasteiger partial charge in [-0.1, -0.05) is 46.9 Å².